The monoisotopic (exact) mass is 430 g/mol. The molecule has 1 unspecified atom stereocenters. The Bertz CT molecular complexity index is 821. The maximum atomic E-state index is 12.4. The molecule has 0 radical (unpaired) electrons. The summed E-state index contributed by atoms with van der Waals surface area (Å²) in [4.78, 5) is 27.0. The molecule has 1 heterocycles. The summed E-state index contributed by atoms with van der Waals surface area (Å²) in [6.07, 6.45) is 1.98. The van der Waals surface area contributed by atoms with E-state index in [0.29, 0.717) is 10.7 Å². The summed E-state index contributed by atoms with van der Waals surface area (Å²) in [6.45, 7) is 3.68. The van der Waals surface area contributed by atoms with Gasteiger partial charge in [0, 0.05) is 35.2 Å². The van der Waals surface area contributed by atoms with Crippen molar-refractivity contribution < 1.29 is 19.4 Å². The van der Waals surface area contributed by atoms with Crippen molar-refractivity contribution in [1.29, 1.82) is 0 Å². The number of nitrogens with one attached hydrogen (secondary N) is 4. The molecule has 4 N–H and O–H groups in total. The highest BCUT2D eigenvalue weighted by molar-refractivity contribution is 6.30. The molecule has 0 aliphatic carbocycles. The minimum Gasteiger partial charge on any atom is -0.348 e. The molecule has 0 spiro atoms. The SMILES string of the molecule is C[NH+](CC(=O)Nc1ccc(Cl)cc1)CC(=O)NC1CC[NH+](Cc2ccccc2)CC1. The Hall–Kier alpha value is -2.41. The van der Waals surface area contributed by atoms with Crippen LogP contribution in [0.5, 0.6) is 0 Å². The third-order valence-electron chi connectivity index (χ3n) is 5.41. The molecule has 1 aliphatic heterocycles. The number of carbonyl (C=O) groups is 2. The van der Waals surface area contributed by atoms with Gasteiger partial charge in [-0.1, -0.05) is 41.9 Å². The van der Waals surface area contributed by atoms with Crippen molar-refractivity contribution in [3.05, 3.63) is 65.2 Å². The van der Waals surface area contributed by atoms with E-state index in [9.17, 15) is 9.59 Å². The van der Waals surface area contributed by atoms with Crippen LogP contribution < -0.4 is 20.4 Å². The molecule has 6 nitrogen and oxygen atoms in total. The van der Waals surface area contributed by atoms with E-state index in [2.05, 4.69) is 34.9 Å². The van der Waals surface area contributed by atoms with Gasteiger partial charge in [0.05, 0.1) is 20.1 Å². The quantitative estimate of drug-likeness (QED) is 0.482. The number of anilines is 1. The summed E-state index contributed by atoms with van der Waals surface area (Å²) >= 11 is 5.85. The standard InChI is InChI=1S/C23H29ClN4O2/c1-27(16-22(29)25-20-9-7-19(24)8-10-20)17-23(30)26-21-11-13-28(14-12-21)15-18-5-3-2-4-6-18/h2-10,21H,11-17H2,1H3,(H,25,29)(H,26,30)/p+2. The van der Waals surface area contributed by atoms with Crippen LogP contribution in [-0.4, -0.2) is 51.1 Å². The summed E-state index contributed by atoms with van der Waals surface area (Å²) in [5.74, 6) is -0.122. The Morgan fingerprint density at radius 1 is 1.00 bits per heavy atom. The van der Waals surface area contributed by atoms with Gasteiger partial charge >= 0.3 is 0 Å². The van der Waals surface area contributed by atoms with Crippen molar-refractivity contribution in [1.82, 2.24) is 5.32 Å². The van der Waals surface area contributed by atoms with Crippen LogP contribution in [0, 0.1) is 0 Å². The fourth-order valence-electron chi connectivity index (χ4n) is 3.86. The molecular weight excluding hydrogens is 400 g/mol. The second-order valence-electron chi connectivity index (χ2n) is 8.12. The first-order valence-corrected chi connectivity index (χ1v) is 10.9. The predicted octanol–water partition coefficient (Wildman–Crippen LogP) is 0.157. The van der Waals surface area contributed by atoms with Gasteiger partial charge in [-0.2, -0.15) is 0 Å². The van der Waals surface area contributed by atoms with Crippen molar-refractivity contribution in [3.8, 4) is 0 Å². The minimum atomic E-state index is -0.125. The number of hydrogen-bond acceptors (Lipinski definition) is 2. The van der Waals surface area contributed by atoms with Crippen LogP contribution in [0.15, 0.2) is 54.6 Å². The Balaban J connectivity index is 1.34. The Morgan fingerprint density at radius 2 is 1.63 bits per heavy atom. The molecule has 2 aromatic rings. The number of likely N-dealkylation sites (N-methyl/N-ethyl adjacent to an activating group) is 1. The number of quaternary nitrogens is 2. The largest absolute Gasteiger partial charge is 0.348 e. The Labute approximate surface area is 183 Å². The van der Waals surface area contributed by atoms with E-state index in [4.69, 9.17) is 11.6 Å². The number of piperidine rings is 1. The highest BCUT2D eigenvalue weighted by Gasteiger charge is 2.24. The van der Waals surface area contributed by atoms with Crippen molar-refractivity contribution >= 4 is 29.1 Å². The Kier molecular flexibility index (Phi) is 8.25. The lowest BCUT2D eigenvalue weighted by Gasteiger charge is -2.30. The maximum Gasteiger partial charge on any atom is 0.279 e. The zero-order valence-electron chi connectivity index (χ0n) is 17.4. The summed E-state index contributed by atoms with van der Waals surface area (Å²) < 4.78 is 0. The highest BCUT2D eigenvalue weighted by atomic mass is 35.5. The second kappa shape index (κ2) is 11.1. The van der Waals surface area contributed by atoms with Crippen molar-refractivity contribution in [2.24, 2.45) is 0 Å². The molecule has 0 bridgehead atoms. The average Bonchev–Trinajstić information content (AvgIpc) is 2.71. The molecule has 3 rings (SSSR count). The van der Waals surface area contributed by atoms with Gasteiger partial charge in [-0.05, 0) is 24.3 Å². The fraction of sp³-hybridized carbons (Fsp3) is 0.391. The number of halogens is 1. The number of benzene rings is 2. The van der Waals surface area contributed by atoms with Crippen LogP contribution in [0.4, 0.5) is 5.69 Å². The topological polar surface area (TPSA) is 67.1 Å². The van der Waals surface area contributed by atoms with E-state index in [1.54, 1.807) is 29.2 Å². The number of hydrogen-bond donors (Lipinski definition) is 4. The molecule has 0 saturated carbocycles. The minimum absolute atomic E-state index is 0.00306. The molecule has 7 heteroatoms. The first kappa shape index (κ1) is 22.3. The average molecular weight is 431 g/mol. The molecular formula is C23H31ClN4O2+2. The Morgan fingerprint density at radius 3 is 2.30 bits per heavy atom. The van der Waals surface area contributed by atoms with Crippen molar-refractivity contribution in [2.75, 3.05) is 38.5 Å². The first-order chi connectivity index (χ1) is 14.5. The number of amides is 2. The summed E-state index contributed by atoms with van der Waals surface area (Å²) in [5, 5.41) is 6.60. The molecule has 2 aromatic carbocycles. The summed E-state index contributed by atoms with van der Waals surface area (Å²) in [6, 6.07) is 17.7. The fourth-order valence-corrected chi connectivity index (χ4v) is 3.99. The molecule has 0 aromatic heterocycles. The third-order valence-corrected chi connectivity index (χ3v) is 5.66. The van der Waals surface area contributed by atoms with Gasteiger partial charge in [0.2, 0.25) is 0 Å². The smallest absolute Gasteiger partial charge is 0.279 e. The highest BCUT2D eigenvalue weighted by Crippen LogP contribution is 2.12. The van der Waals surface area contributed by atoms with E-state index in [1.165, 1.54) is 5.56 Å². The van der Waals surface area contributed by atoms with Gasteiger partial charge in [-0.3, -0.25) is 9.59 Å². The van der Waals surface area contributed by atoms with E-state index >= 15 is 0 Å². The molecule has 1 saturated heterocycles. The number of likely N-dealkylation sites (tertiary alicyclic amines) is 1. The third kappa shape index (κ3) is 7.44. The van der Waals surface area contributed by atoms with Gasteiger partial charge in [0.1, 0.15) is 6.54 Å². The van der Waals surface area contributed by atoms with E-state index < -0.39 is 0 Å². The molecule has 160 valence electrons. The van der Waals surface area contributed by atoms with E-state index in [1.807, 2.05) is 13.1 Å². The zero-order chi connectivity index (χ0) is 21.3. The molecule has 1 fully saturated rings. The second-order valence-corrected chi connectivity index (χ2v) is 8.56. The number of rotatable bonds is 8. The van der Waals surface area contributed by atoms with Crippen molar-refractivity contribution in [2.45, 2.75) is 25.4 Å². The lowest BCUT2D eigenvalue weighted by atomic mass is 10.0. The number of carbonyl (C=O) groups excluding carboxylic acids is 2. The van der Waals surface area contributed by atoms with Gasteiger partial charge in [-0.15, -0.1) is 0 Å². The van der Waals surface area contributed by atoms with Crippen LogP contribution in [0.1, 0.15) is 18.4 Å². The van der Waals surface area contributed by atoms with E-state index in [-0.39, 0.29) is 30.9 Å². The normalized spacial score (nSPS) is 19.7. The van der Waals surface area contributed by atoms with Crippen LogP contribution >= 0.6 is 11.6 Å². The van der Waals surface area contributed by atoms with Gasteiger partial charge in [0.15, 0.2) is 13.1 Å². The van der Waals surface area contributed by atoms with Gasteiger partial charge in [0.25, 0.3) is 11.8 Å². The first-order valence-electron chi connectivity index (χ1n) is 10.5. The van der Waals surface area contributed by atoms with Gasteiger partial charge < -0.3 is 20.4 Å². The molecule has 30 heavy (non-hydrogen) atoms. The summed E-state index contributed by atoms with van der Waals surface area (Å²) in [5.41, 5.74) is 2.06. The van der Waals surface area contributed by atoms with Crippen LogP contribution in [0.25, 0.3) is 0 Å². The van der Waals surface area contributed by atoms with Crippen LogP contribution in [0.2, 0.25) is 5.02 Å². The maximum absolute atomic E-state index is 12.4. The molecule has 1 aliphatic rings. The summed E-state index contributed by atoms with van der Waals surface area (Å²) in [7, 11) is 1.85. The predicted molar refractivity (Wildman–Crippen MR) is 119 cm³/mol. The lowest BCUT2D eigenvalue weighted by molar-refractivity contribution is -0.918. The molecule has 1 atom stereocenters. The molecule has 2 amide bonds. The van der Waals surface area contributed by atoms with Crippen LogP contribution in [-0.2, 0) is 16.1 Å². The van der Waals surface area contributed by atoms with Crippen molar-refractivity contribution in [3.63, 3.8) is 0 Å². The van der Waals surface area contributed by atoms with Gasteiger partial charge in [-0.25, -0.2) is 0 Å². The van der Waals surface area contributed by atoms with E-state index in [0.717, 1.165) is 37.4 Å². The lowest BCUT2D eigenvalue weighted by Crippen LogP contribution is -3.12. The van der Waals surface area contributed by atoms with Crippen LogP contribution in [0.3, 0.4) is 0 Å². The zero-order valence-corrected chi connectivity index (χ0v) is 18.2.